The lowest BCUT2D eigenvalue weighted by molar-refractivity contribution is -0.149. The molecule has 3 atom stereocenters. The van der Waals surface area contributed by atoms with E-state index >= 15 is 0 Å². The van der Waals surface area contributed by atoms with Gasteiger partial charge in [0, 0.05) is 13.2 Å². The second kappa shape index (κ2) is 6.37. The Morgan fingerprint density at radius 3 is 2.79 bits per heavy atom. The van der Waals surface area contributed by atoms with Crippen LogP contribution in [-0.2, 0) is 14.3 Å². The maximum atomic E-state index is 12.2. The highest BCUT2D eigenvalue weighted by Gasteiger charge is 2.37. The molecular weight excluding hydrogens is 244 g/mol. The van der Waals surface area contributed by atoms with Gasteiger partial charge in [0.05, 0.1) is 6.10 Å². The van der Waals surface area contributed by atoms with Crippen LogP contribution >= 0.6 is 0 Å². The zero-order chi connectivity index (χ0) is 13.8. The lowest BCUT2D eigenvalue weighted by Crippen LogP contribution is -2.62. The largest absolute Gasteiger partial charge is 0.378 e. The van der Waals surface area contributed by atoms with E-state index in [-0.39, 0.29) is 24.0 Å². The third-order valence-electron chi connectivity index (χ3n) is 3.97. The predicted molar refractivity (Wildman–Crippen MR) is 71.6 cm³/mol. The van der Waals surface area contributed by atoms with Crippen LogP contribution in [0.15, 0.2) is 0 Å². The second-order valence-corrected chi connectivity index (χ2v) is 5.49. The number of rotatable bonds is 5. The molecule has 0 aliphatic carbocycles. The highest BCUT2D eigenvalue weighted by atomic mass is 16.5. The first-order valence-electron chi connectivity index (χ1n) is 7.36. The predicted octanol–water partition coefficient (Wildman–Crippen LogP) is 1.07. The van der Waals surface area contributed by atoms with Crippen molar-refractivity contribution in [3.63, 3.8) is 0 Å². The summed E-state index contributed by atoms with van der Waals surface area (Å²) in [6.45, 7) is 5.25. The van der Waals surface area contributed by atoms with Crippen molar-refractivity contribution in [3.8, 4) is 0 Å². The summed E-state index contributed by atoms with van der Waals surface area (Å²) >= 11 is 0. The molecule has 2 heterocycles. The molecule has 1 N–H and O–H groups in total. The summed E-state index contributed by atoms with van der Waals surface area (Å²) in [5.41, 5.74) is 0. The molecule has 5 heteroatoms. The number of hydrogen-bond donors (Lipinski definition) is 1. The van der Waals surface area contributed by atoms with Crippen molar-refractivity contribution >= 4 is 11.8 Å². The molecular formula is C14H24N2O3. The van der Waals surface area contributed by atoms with Crippen LogP contribution in [0.2, 0.25) is 0 Å². The van der Waals surface area contributed by atoms with E-state index in [1.54, 1.807) is 11.8 Å². The minimum atomic E-state index is -0.398. The van der Waals surface area contributed by atoms with Crippen molar-refractivity contribution in [2.24, 2.45) is 0 Å². The molecule has 2 rings (SSSR count). The van der Waals surface area contributed by atoms with Crippen LogP contribution in [0.3, 0.4) is 0 Å². The van der Waals surface area contributed by atoms with E-state index in [2.05, 4.69) is 5.32 Å². The minimum absolute atomic E-state index is 0.0127. The summed E-state index contributed by atoms with van der Waals surface area (Å²) < 4.78 is 5.59. The number of hydrogen-bond acceptors (Lipinski definition) is 3. The average molecular weight is 268 g/mol. The standard InChI is InChI=1S/C14H24N2O3/c1-3-5-12-13(17)15-10(2)14(18)16(12)8-7-11-6-4-9-19-11/h10-12H,3-9H2,1-2H3,(H,15,17). The van der Waals surface area contributed by atoms with Gasteiger partial charge in [-0.05, 0) is 32.6 Å². The van der Waals surface area contributed by atoms with Gasteiger partial charge in [-0.1, -0.05) is 13.3 Å². The number of carbonyl (C=O) groups excluding carboxylic acids is 2. The topological polar surface area (TPSA) is 58.6 Å². The Labute approximate surface area is 114 Å². The van der Waals surface area contributed by atoms with Gasteiger partial charge in [-0.3, -0.25) is 9.59 Å². The van der Waals surface area contributed by atoms with Gasteiger partial charge in [-0.15, -0.1) is 0 Å². The van der Waals surface area contributed by atoms with Gasteiger partial charge >= 0.3 is 0 Å². The van der Waals surface area contributed by atoms with E-state index in [0.717, 1.165) is 38.7 Å². The van der Waals surface area contributed by atoms with E-state index < -0.39 is 6.04 Å². The van der Waals surface area contributed by atoms with Crippen molar-refractivity contribution in [2.75, 3.05) is 13.2 Å². The lowest BCUT2D eigenvalue weighted by Gasteiger charge is -2.38. The third-order valence-corrected chi connectivity index (χ3v) is 3.97. The van der Waals surface area contributed by atoms with E-state index in [9.17, 15) is 9.59 Å². The molecule has 3 unspecified atom stereocenters. The molecule has 0 saturated carbocycles. The van der Waals surface area contributed by atoms with Crippen LogP contribution in [0.5, 0.6) is 0 Å². The molecule has 2 fully saturated rings. The van der Waals surface area contributed by atoms with Crippen LogP contribution in [-0.4, -0.2) is 48.1 Å². The highest BCUT2D eigenvalue weighted by Crippen LogP contribution is 2.19. The molecule has 2 amide bonds. The Bertz CT molecular complexity index is 340. The number of ether oxygens (including phenoxy) is 1. The molecule has 0 bridgehead atoms. The van der Waals surface area contributed by atoms with Gasteiger partial charge in [0.1, 0.15) is 12.1 Å². The zero-order valence-electron chi connectivity index (χ0n) is 11.9. The first kappa shape index (κ1) is 14.3. The molecule has 2 aliphatic heterocycles. The van der Waals surface area contributed by atoms with Crippen molar-refractivity contribution in [1.82, 2.24) is 10.2 Å². The number of piperazine rings is 1. The van der Waals surface area contributed by atoms with Crippen molar-refractivity contribution in [1.29, 1.82) is 0 Å². The number of amides is 2. The fourth-order valence-electron chi connectivity index (χ4n) is 2.90. The van der Waals surface area contributed by atoms with Crippen LogP contribution in [0.25, 0.3) is 0 Å². The Morgan fingerprint density at radius 2 is 2.16 bits per heavy atom. The average Bonchev–Trinajstić information content (AvgIpc) is 2.88. The highest BCUT2D eigenvalue weighted by molar-refractivity contribution is 5.96. The molecule has 0 spiro atoms. The Hall–Kier alpha value is -1.10. The van der Waals surface area contributed by atoms with E-state index in [0.29, 0.717) is 6.54 Å². The first-order chi connectivity index (χ1) is 9.13. The van der Waals surface area contributed by atoms with Crippen molar-refractivity contribution in [2.45, 2.75) is 64.1 Å². The SMILES string of the molecule is CCCC1C(=O)NC(C)C(=O)N1CCC1CCCO1. The molecule has 19 heavy (non-hydrogen) atoms. The van der Waals surface area contributed by atoms with Crippen molar-refractivity contribution in [3.05, 3.63) is 0 Å². The lowest BCUT2D eigenvalue weighted by atomic mass is 10.0. The molecule has 0 aromatic heterocycles. The molecule has 0 aromatic rings. The van der Waals surface area contributed by atoms with E-state index in [1.807, 2.05) is 6.92 Å². The quantitative estimate of drug-likeness (QED) is 0.811. The maximum absolute atomic E-state index is 12.2. The minimum Gasteiger partial charge on any atom is -0.378 e. The number of nitrogens with one attached hydrogen (secondary N) is 1. The van der Waals surface area contributed by atoms with Crippen molar-refractivity contribution < 1.29 is 14.3 Å². The van der Waals surface area contributed by atoms with Crippen LogP contribution in [0, 0.1) is 0 Å². The van der Waals surface area contributed by atoms with Crippen LogP contribution in [0.4, 0.5) is 0 Å². The molecule has 2 aliphatic rings. The van der Waals surface area contributed by atoms with Gasteiger partial charge in [0.2, 0.25) is 11.8 Å². The van der Waals surface area contributed by atoms with Gasteiger partial charge < -0.3 is 15.0 Å². The third kappa shape index (κ3) is 3.26. The summed E-state index contributed by atoms with van der Waals surface area (Å²) in [7, 11) is 0. The fraction of sp³-hybridized carbons (Fsp3) is 0.857. The Balaban J connectivity index is 1.98. The van der Waals surface area contributed by atoms with Crippen LogP contribution < -0.4 is 5.32 Å². The molecule has 5 nitrogen and oxygen atoms in total. The number of nitrogens with zero attached hydrogens (tertiary/aromatic N) is 1. The van der Waals surface area contributed by atoms with Gasteiger partial charge in [0.25, 0.3) is 0 Å². The second-order valence-electron chi connectivity index (χ2n) is 5.49. The Kier molecular flexibility index (Phi) is 4.80. The Morgan fingerprint density at radius 1 is 1.37 bits per heavy atom. The normalized spacial score (nSPS) is 31.7. The van der Waals surface area contributed by atoms with E-state index in [4.69, 9.17) is 4.74 Å². The maximum Gasteiger partial charge on any atom is 0.245 e. The molecule has 108 valence electrons. The van der Waals surface area contributed by atoms with Crippen LogP contribution in [0.1, 0.15) is 46.0 Å². The summed E-state index contributed by atoms with van der Waals surface area (Å²) in [5.74, 6) is 0.0253. The smallest absolute Gasteiger partial charge is 0.245 e. The zero-order valence-corrected chi connectivity index (χ0v) is 11.9. The molecule has 0 aromatic carbocycles. The summed E-state index contributed by atoms with van der Waals surface area (Å²) in [4.78, 5) is 26.0. The summed E-state index contributed by atoms with van der Waals surface area (Å²) in [6, 6.07) is -0.694. The van der Waals surface area contributed by atoms with E-state index in [1.165, 1.54) is 0 Å². The van der Waals surface area contributed by atoms with Gasteiger partial charge in [-0.25, -0.2) is 0 Å². The fourth-order valence-corrected chi connectivity index (χ4v) is 2.90. The number of carbonyl (C=O) groups is 2. The first-order valence-corrected chi connectivity index (χ1v) is 7.36. The monoisotopic (exact) mass is 268 g/mol. The molecule has 2 saturated heterocycles. The van der Waals surface area contributed by atoms with Gasteiger partial charge in [0.15, 0.2) is 0 Å². The summed E-state index contributed by atoms with van der Waals surface area (Å²) in [5, 5.41) is 2.76. The summed E-state index contributed by atoms with van der Waals surface area (Å²) in [6.07, 6.45) is 4.91. The molecule has 0 radical (unpaired) electrons. The van der Waals surface area contributed by atoms with Gasteiger partial charge in [-0.2, -0.15) is 0 Å².